The molecule has 0 bridgehead atoms. The first-order chi connectivity index (χ1) is 8.86. The Balaban J connectivity index is 2.20. The van der Waals surface area contributed by atoms with Crippen LogP contribution in [0.1, 0.15) is 52.4 Å². The summed E-state index contributed by atoms with van der Waals surface area (Å²) in [5, 5.41) is -0.340. The molecule has 0 aromatic rings. The van der Waals surface area contributed by atoms with Gasteiger partial charge in [-0.1, -0.05) is 46.0 Å². The van der Waals surface area contributed by atoms with Crippen LogP contribution in [-0.2, 0) is 14.6 Å². The number of nitrogens with zero attached hydrogens (tertiary/aromatic N) is 1. The van der Waals surface area contributed by atoms with Crippen LogP contribution < -0.4 is 0 Å². The van der Waals surface area contributed by atoms with E-state index < -0.39 is 9.84 Å². The zero-order valence-electron chi connectivity index (χ0n) is 12.4. The van der Waals surface area contributed by atoms with Crippen LogP contribution in [0, 0.1) is 5.92 Å². The van der Waals surface area contributed by atoms with Crippen molar-refractivity contribution in [2.75, 3.05) is 19.3 Å². The van der Waals surface area contributed by atoms with Gasteiger partial charge in [-0.3, -0.25) is 4.79 Å². The molecule has 0 aliphatic carbocycles. The van der Waals surface area contributed by atoms with Crippen molar-refractivity contribution in [3.05, 3.63) is 0 Å². The number of hydrogen-bond donors (Lipinski definition) is 0. The van der Waals surface area contributed by atoms with Crippen molar-refractivity contribution in [2.45, 2.75) is 57.6 Å². The third kappa shape index (κ3) is 5.13. The third-order valence-corrected chi connectivity index (χ3v) is 5.44. The first kappa shape index (κ1) is 16.5. The Kier molecular flexibility index (Phi) is 6.30. The molecule has 4 nitrogen and oxygen atoms in total. The highest BCUT2D eigenvalue weighted by molar-refractivity contribution is 7.91. The summed E-state index contributed by atoms with van der Waals surface area (Å²) >= 11 is 0. The fraction of sp³-hybridized carbons (Fsp3) is 0.929. The number of carbonyl (C=O) groups excluding carboxylic acids is 1. The molecular weight excluding hydrogens is 262 g/mol. The molecule has 1 saturated heterocycles. The summed E-state index contributed by atoms with van der Waals surface area (Å²) in [5.74, 6) is 0.150. The number of rotatable bonds is 8. The Morgan fingerprint density at radius 3 is 2.32 bits per heavy atom. The molecule has 1 atom stereocenters. The van der Waals surface area contributed by atoms with E-state index in [1.54, 1.807) is 4.90 Å². The monoisotopic (exact) mass is 289 g/mol. The Morgan fingerprint density at radius 1 is 1.21 bits per heavy atom. The zero-order valence-corrected chi connectivity index (χ0v) is 13.2. The highest BCUT2D eigenvalue weighted by Crippen LogP contribution is 2.21. The van der Waals surface area contributed by atoms with Gasteiger partial charge in [-0.25, -0.2) is 8.42 Å². The average molecular weight is 289 g/mol. The molecule has 1 fully saturated rings. The zero-order chi connectivity index (χ0) is 14.5. The van der Waals surface area contributed by atoms with Crippen molar-refractivity contribution in [1.29, 1.82) is 0 Å². The minimum absolute atomic E-state index is 0.0298. The van der Waals surface area contributed by atoms with Crippen LogP contribution in [-0.4, -0.2) is 43.8 Å². The van der Waals surface area contributed by atoms with Crippen molar-refractivity contribution < 1.29 is 13.2 Å². The fourth-order valence-corrected chi connectivity index (χ4v) is 3.28. The summed E-state index contributed by atoms with van der Waals surface area (Å²) in [7, 11) is -2.98. The molecule has 0 aromatic carbocycles. The number of amides is 1. The molecule has 1 aliphatic rings. The van der Waals surface area contributed by atoms with Gasteiger partial charge in [-0.05, 0) is 6.42 Å². The topological polar surface area (TPSA) is 54.5 Å². The van der Waals surface area contributed by atoms with E-state index in [4.69, 9.17) is 0 Å². The molecule has 5 heteroatoms. The van der Waals surface area contributed by atoms with Gasteiger partial charge in [0.05, 0.1) is 5.25 Å². The number of likely N-dealkylation sites (tertiary alicyclic amines) is 1. The van der Waals surface area contributed by atoms with Gasteiger partial charge >= 0.3 is 0 Å². The summed E-state index contributed by atoms with van der Waals surface area (Å²) in [6.07, 6.45) is 8.20. The highest BCUT2D eigenvalue weighted by atomic mass is 32.2. The van der Waals surface area contributed by atoms with Gasteiger partial charge in [-0.2, -0.15) is 0 Å². The normalized spacial score (nSPS) is 18.2. The van der Waals surface area contributed by atoms with Crippen molar-refractivity contribution >= 4 is 15.7 Å². The van der Waals surface area contributed by atoms with E-state index in [-0.39, 0.29) is 17.1 Å². The van der Waals surface area contributed by atoms with Crippen LogP contribution in [0.3, 0.4) is 0 Å². The molecule has 0 radical (unpaired) electrons. The van der Waals surface area contributed by atoms with Gasteiger partial charge in [0.15, 0.2) is 9.84 Å². The largest absolute Gasteiger partial charge is 0.340 e. The summed E-state index contributed by atoms with van der Waals surface area (Å²) in [4.78, 5) is 13.7. The van der Waals surface area contributed by atoms with E-state index in [1.165, 1.54) is 31.9 Å². The third-order valence-electron chi connectivity index (χ3n) is 3.93. The molecule has 112 valence electrons. The van der Waals surface area contributed by atoms with Crippen LogP contribution in [0.4, 0.5) is 0 Å². The van der Waals surface area contributed by atoms with Crippen molar-refractivity contribution in [2.24, 2.45) is 5.92 Å². The molecule has 1 rings (SSSR count). The molecule has 1 heterocycles. The predicted octanol–water partition coefficient (Wildman–Crippen LogP) is 2.24. The van der Waals surface area contributed by atoms with E-state index in [0.29, 0.717) is 13.1 Å². The Bertz CT molecular complexity index is 385. The molecule has 0 aromatic heterocycles. The van der Waals surface area contributed by atoms with E-state index in [2.05, 4.69) is 6.92 Å². The maximum absolute atomic E-state index is 12.0. The summed E-state index contributed by atoms with van der Waals surface area (Å²) < 4.78 is 22.6. The predicted molar refractivity (Wildman–Crippen MR) is 77.8 cm³/mol. The van der Waals surface area contributed by atoms with Gasteiger partial charge in [0.2, 0.25) is 5.91 Å². The number of unbranched alkanes of at least 4 members (excludes halogenated alkanes) is 4. The maximum Gasteiger partial charge on any atom is 0.225 e. The highest BCUT2D eigenvalue weighted by Gasteiger charge is 2.38. The van der Waals surface area contributed by atoms with Gasteiger partial charge in [-0.15, -0.1) is 0 Å². The molecule has 1 amide bonds. The Morgan fingerprint density at radius 2 is 1.79 bits per heavy atom. The molecule has 0 saturated carbocycles. The molecule has 0 spiro atoms. The van der Waals surface area contributed by atoms with Crippen LogP contribution >= 0.6 is 0 Å². The molecule has 1 aliphatic heterocycles. The lowest BCUT2D eigenvalue weighted by Gasteiger charge is -2.39. The molecule has 1 unspecified atom stereocenters. The van der Waals surface area contributed by atoms with Crippen molar-refractivity contribution in [3.8, 4) is 0 Å². The van der Waals surface area contributed by atoms with Gasteiger partial charge < -0.3 is 4.90 Å². The summed E-state index contributed by atoms with van der Waals surface area (Å²) in [5.41, 5.74) is 0. The molecule has 0 N–H and O–H groups in total. The van der Waals surface area contributed by atoms with E-state index in [1.807, 2.05) is 6.92 Å². The molecular formula is C14H27NO3S. The molecule has 19 heavy (non-hydrogen) atoms. The number of sulfone groups is 1. The van der Waals surface area contributed by atoms with E-state index in [0.717, 1.165) is 12.8 Å². The van der Waals surface area contributed by atoms with Gasteiger partial charge in [0.25, 0.3) is 0 Å². The lowest BCUT2D eigenvalue weighted by Crippen LogP contribution is -2.57. The first-order valence-electron chi connectivity index (χ1n) is 7.34. The average Bonchev–Trinajstić information content (AvgIpc) is 2.24. The van der Waals surface area contributed by atoms with Crippen molar-refractivity contribution in [1.82, 2.24) is 4.90 Å². The van der Waals surface area contributed by atoms with Crippen molar-refractivity contribution in [3.63, 3.8) is 0 Å². The quantitative estimate of drug-likeness (QED) is 0.644. The van der Waals surface area contributed by atoms with Crippen LogP contribution in [0.15, 0.2) is 0 Å². The van der Waals surface area contributed by atoms with E-state index in [9.17, 15) is 13.2 Å². The Labute approximate surface area is 117 Å². The first-order valence-corrected chi connectivity index (χ1v) is 9.29. The van der Waals surface area contributed by atoms with Gasteiger partial charge in [0, 0.05) is 25.3 Å². The second-order valence-electron chi connectivity index (χ2n) is 5.80. The lowest BCUT2D eigenvalue weighted by atomic mass is 9.99. The van der Waals surface area contributed by atoms with Crippen LogP contribution in [0.2, 0.25) is 0 Å². The Hall–Kier alpha value is -0.580. The second-order valence-corrected chi connectivity index (χ2v) is 8.12. The second kappa shape index (κ2) is 7.27. The van der Waals surface area contributed by atoms with Crippen LogP contribution in [0.5, 0.6) is 0 Å². The lowest BCUT2D eigenvalue weighted by molar-refractivity contribution is -0.138. The standard InChI is InChI=1S/C14H27NO3S/c1-4-5-6-7-8-9-12(2)14(16)15-10-13(11-15)19(3,17)18/h12-13H,4-11H2,1-3H3. The van der Waals surface area contributed by atoms with E-state index >= 15 is 0 Å². The van der Waals surface area contributed by atoms with Crippen LogP contribution in [0.25, 0.3) is 0 Å². The number of hydrogen-bond acceptors (Lipinski definition) is 3. The summed E-state index contributed by atoms with van der Waals surface area (Å²) in [6.45, 7) is 4.92. The van der Waals surface area contributed by atoms with Gasteiger partial charge in [0.1, 0.15) is 0 Å². The minimum Gasteiger partial charge on any atom is -0.340 e. The summed E-state index contributed by atoms with van der Waals surface area (Å²) in [6, 6.07) is 0. The SMILES string of the molecule is CCCCCCCC(C)C(=O)N1CC(S(C)(=O)=O)C1. The smallest absolute Gasteiger partial charge is 0.225 e. The minimum atomic E-state index is -2.98. The maximum atomic E-state index is 12.0. The number of carbonyl (C=O) groups is 1. The fourth-order valence-electron chi connectivity index (χ4n) is 2.38.